The van der Waals surface area contributed by atoms with E-state index in [1.54, 1.807) is 0 Å². The van der Waals surface area contributed by atoms with Gasteiger partial charge in [-0.05, 0) is 43.9 Å². The summed E-state index contributed by atoms with van der Waals surface area (Å²) in [6, 6.07) is 8.37. The molecule has 1 amide bonds. The maximum atomic E-state index is 13.2. The summed E-state index contributed by atoms with van der Waals surface area (Å²) in [7, 11) is 0. The minimum Gasteiger partial charge on any atom is -0.330 e. The molecule has 3 nitrogen and oxygen atoms in total. The van der Waals surface area contributed by atoms with Crippen LogP contribution < -0.4 is 10.6 Å². The average molecular weight is 286 g/mol. The van der Waals surface area contributed by atoms with Crippen molar-refractivity contribution in [3.63, 3.8) is 0 Å². The third-order valence-corrected chi connectivity index (χ3v) is 5.52. The monoisotopic (exact) mass is 286 g/mol. The molecule has 1 aliphatic heterocycles. The Labute approximate surface area is 127 Å². The van der Waals surface area contributed by atoms with Crippen LogP contribution in [0.5, 0.6) is 0 Å². The molecule has 3 rings (SSSR count). The second-order valence-corrected chi connectivity index (χ2v) is 6.59. The molecule has 1 fully saturated rings. The summed E-state index contributed by atoms with van der Waals surface area (Å²) in [6.07, 6.45) is 6.43. The molecule has 114 valence electrons. The molecule has 2 N–H and O–H groups in total. The van der Waals surface area contributed by atoms with E-state index >= 15 is 0 Å². The number of rotatable bonds is 4. The first-order valence-corrected chi connectivity index (χ1v) is 8.33. The number of para-hydroxylation sites is 1. The minimum absolute atomic E-state index is 0.106. The number of nitrogens with two attached hydrogens (primary N) is 1. The number of amides is 1. The lowest BCUT2D eigenvalue weighted by Crippen LogP contribution is -2.42. The first kappa shape index (κ1) is 14.6. The van der Waals surface area contributed by atoms with E-state index in [1.165, 1.54) is 18.4 Å². The average Bonchev–Trinajstić information content (AvgIpc) is 3.13. The maximum Gasteiger partial charge on any atom is 0.233 e. The molecule has 0 saturated heterocycles. The fraction of sp³-hybridized carbons (Fsp3) is 0.611. The Morgan fingerprint density at radius 2 is 2.05 bits per heavy atom. The lowest BCUT2D eigenvalue weighted by atomic mass is 9.82. The van der Waals surface area contributed by atoms with Crippen LogP contribution in [0.2, 0.25) is 0 Å². The summed E-state index contributed by atoms with van der Waals surface area (Å²) in [4.78, 5) is 15.3. The molecule has 3 heteroatoms. The van der Waals surface area contributed by atoms with Gasteiger partial charge in [0.05, 0.1) is 0 Å². The number of carbonyl (C=O) groups is 1. The van der Waals surface area contributed by atoms with Gasteiger partial charge in [0.15, 0.2) is 0 Å². The van der Waals surface area contributed by atoms with E-state index in [2.05, 4.69) is 30.0 Å². The van der Waals surface area contributed by atoms with Crippen molar-refractivity contribution in [3.8, 4) is 0 Å². The molecule has 0 spiro atoms. The van der Waals surface area contributed by atoms with Crippen LogP contribution in [0.4, 0.5) is 5.69 Å². The van der Waals surface area contributed by atoms with Crippen molar-refractivity contribution in [2.75, 3.05) is 18.0 Å². The number of carbonyl (C=O) groups excluding carboxylic acids is 1. The van der Waals surface area contributed by atoms with Crippen LogP contribution in [0, 0.1) is 5.41 Å². The van der Waals surface area contributed by atoms with Crippen LogP contribution >= 0.6 is 0 Å². The zero-order chi connectivity index (χ0) is 14.9. The summed E-state index contributed by atoms with van der Waals surface area (Å²) < 4.78 is 0. The number of hydrogen-bond donors (Lipinski definition) is 1. The van der Waals surface area contributed by atoms with Gasteiger partial charge in [-0.25, -0.2) is 0 Å². The Morgan fingerprint density at radius 1 is 1.33 bits per heavy atom. The molecular formula is C18H26N2O. The predicted molar refractivity (Wildman–Crippen MR) is 86.4 cm³/mol. The summed E-state index contributed by atoms with van der Waals surface area (Å²) in [5.74, 6) is 0.764. The minimum atomic E-state index is -0.106. The van der Waals surface area contributed by atoms with E-state index in [0.29, 0.717) is 18.4 Å². The SMILES string of the molecule is CCC1(C(=O)N2CC(CCN)c3ccccc32)CCCC1. The van der Waals surface area contributed by atoms with Crippen molar-refractivity contribution >= 4 is 11.6 Å². The van der Waals surface area contributed by atoms with E-state index in [4.69, 9.17) is 5.73 Å². The van der Waals surface area contributed by atoms with E-state index < -0.39 is 0 Å². The second-order valence-electron chi connectivity index (χ2n) is 6.59. The first-order chi connectivity index (χ1) is 10.2. The van der Waals surface area contributed by atoms with Crippen molar-refractivity contribution in [1.82, 2.24) is 0 Å². The summed E-state index contributed by atoms with van der Waals surface area (Å²) in [5.41, 5.74) is 8.08. The fourth-order valence-electron chi connectivity index (χ4n) is 4.19. The highest BCUT2D eigenvalue weighted by atomic mass is 16.2. The van der Waals surface area contributed by atoms with Crippen LogP contribution in [0.1, 0.15) is 56.9 Å². The van der Waals surface area contributed by atoms with Crippen LogP contribution in [-0.4, -0.2) is 19.0 Å². The fourth-order valence-corrected chi connectivity index (χ4v) is 4.19. The molecule has 21 heavy (non-hydrogen) atoms. The van der Waals surface area contributed by atoms with Crippen molar-refractivity contribution in [2.45, 2.75) is 51.4 Å². The second kappa shape index (κ2) is 5.80. The van der Waals surface area contributed by atoms with Crippen molar-refractivity contribution < 1.29 is 4.79 Å². The highest BCUT2D eigenvalue weighted by molar-refractivity contribution is 5.99. The highest BCUT2D eigenvalue weighted by Gasteiger charge is 2.44. The Balaban J connectivity index is 1.91. The van der Waals surface area contributed by atoms with Gasteiger partial charge in [0, 0.05) is 23.6 Å². The molecule has 1 unspecified atom stereocenters. The number of hydrogen-bond acceptors (Lipinski definition) is 2. The van der Waals surface area contributed by atoms with Crippen LogP contribution in [-0.2, 0) is 4.79 Å². The van der Waals surface area contributed by atoms with Gasteiger partial charge in [-0.1, -0.05) is 38.0 Å². The van der Waals surface area contributed by atoms with Crippen LogP contribution in [0.15, 0.2) is 24.3 Å². The normalized spacial score (nSPS) is 23.3. The quantitative estimate of drug-likeness (QED) is 0.921. The number of nitrogens with zero attached hydrogens (tertiary/aromatic N) is 1. The zero-order valence-corrected chi connectivity index (χ0v) is 13.0. The van der Waals surface area contributed by atoms with Crippen molar-refractivity contribution in [1.29, 1.82) is 0 Å². The lowest BCUT2D eigenvalue weighted by Gasteiger charge is -2.32. The smallest absolute Gasteiger partial charge is 0.233 e. The molecule has 1 aromatic carbocycles. The molecule has 1 aliphatic carbocycles. The maximum absolute atomic E-state index is 13.2. The van der Waals surface area contributed by atoms with Gasteiger partial charge >= 0.3 is 0 Å². The van der Waals surface area contributed by atoms with E-state index in [0.717, 1.165) is 37.9 Å². The molecule has 1 saturated carbocycles. The largest absolute Gasteiger partial charge is 0.330 e. The Hall–Kier alpha value is -1.35. The summed E-state index contributed by atoms with van der Waals surface area (Å²) in [5, 5.41) is 0. The van der Waals surface area contributed by atoms with Gasteiger partial charge in [-0.3, -0.25) is 4.79 Å². The van der Waals surface area contributed by atoms with Crippen LogP contribution in [0.3, 0.4) is 0 Å². The number of benzene rings is 1. The summed E-state index contributed by atoms with van der Waals surface area (Å²) >= 11 is 0. The van der Waals surface area contributed by atoms with Gasteiger partial charge in [-0.2, -0.15) is 0 Å². The van der Waals surface area contributed by atoms with E-state index in [9.17, 15) is 4.79 Å². The molecule has 0 aromatic heterocycles. The molecule has 1 atom stereocenters. The zero-order valence-electron chi connectivity index (χ0n) is 13.0. The standard InChI is InChI=1S/C18H26N2O/c1-2-18(10-5-6-11-18)17(21)20-13-14(9-12-19)15-7-3-4-8-16(15)20/h3-4,7-8,14H,2,5-6,9-13,19H2,1H3. The Bertz CT molecular complexity index is 520. The third kappa shape index (κ3) is 2.38. The molecule has 1 aromatic rings. The van der Waals surface area contributed by atoms with Gasteiger partial charge in [0.1, 0.15) is 0 Å². The van der Waals surface area contributed by atoms with Crippen molar-refractivity contribution in [3.05, 3.63) is 29.8 Å². The number of anilines is 1. The Kier molecular flexibility index (Phi) is 4.03. The van der Waals surface area contributed by atoms with E-state index in [1.807, 2.05) is 6.07 Å². The molecule has 0 radical (unpaired) electrons. The van der Waals surface area contributed by atoms with Gasteiger partial charge in [0.2, 0.25) is 5.91 Å². The molecule has 1 heterocycles. The van der Waals surface area contributed by atoms with Crippen LogP contribution in [0.25, 0.3) is 0 Å². The topological polar surface area (TPSA) is 46.3 Å². The third-order valence-electron chi connectivity index (χ3n) is 5.52. The molecule has 0 bridgehead atoms. The lowest BCUT2D eigenvalue weighted by molar-refractivity contribution is -0.128. The van der Waals surface area contributed by atoms with Crippen molar-refractivity contribution in [2.24, 2.45) is 11.1 Å². The van der Waals surface area contributed by atoms with Gasteiger partial charge in [0.25, 0.3) is 0 Å². The predicted octanol–water partition coefficient (Wildman–Crippen LogP) is 3.44. The first-order valence-electron chi connectivity index (χ1n) is 8.33. The number of fused-ring (bicyclic) bond motifs is 1. The van der Waals surface area contributed by atoms with Gasteiger partial charge < -0.3 is 10.6 Å². The van der Waals surface area contributed by atoms with E-state index in [-0.39, 0.29) is 5.41 Å². The molecular weight excluding hydrogens is 260 g/mol. The Morgan fingerprint density at radius 3 is 2.71 bits per heavy atom. The molecule has 2 aliphatic rings. The summed E-state index contributed by atoms with van der Waals surface area (Å²) in [6.45, 7) is 3.67. The van der Waals surface area contributed by atoms with Gasteiger partial charge in [-0.15, -0.1) is 0 Å². The highest BCUT2D eigenvalue weighted by Crippen LogP contribution is 2.46.